The van der Waals surface area contributed by atoms with E-state index in [9.17, 15) is 19.2 Å². The van der Waals surface area contributed by atoms with Crippen LogP contribution in [0.3, 0.4) is 0 Å². The molecule has 0 fully saturated rings. The second kappa shape index (κ2) is 16.7. The number of rotatable bonds is 9. The van der Waals surface area contributed by atoms with Crippen LogP contribution in [0.1, 0.15) is 22.9 Å². The van der Waals surface area contributed by atoms with Gasteiger partial charge in [0.1, 0.15) is 25.7 Å². The van der Waals surface area contributed by atoms with Crippen molar-refractivity contribution in [1.82, 2.24) is 67.3 Å². The summed E-state index contributed by atoms with van der Waals surface area (Å²) in [5.41, 5.74) is 5.67. The van der Waals surface area contributed by atoms with Gasteiger partial charge in [-0.15, -0.1) is 10.2 Å². The van der Waals surface area contributed by atoms with E-state index in [1.165, 1.54) is 55.6 Å². The lowest BCUT2D eigenvalue weighted by Crippen LogP contribution is -2.22. The maximum absolute atomic E-state index is 12.6. The first-order chi connectivity index (χ1) is 29.4. The standard InChI is InChI=1S/C20H19N7O3.C11H13NO.C9H8N6O3/c1-24-7-6-14-9-13(3-4-15(14)24)5-8-27-20(29)30-16(23-27)10-26-12-22-18-17(19(26)28)25(2)11-21-18;1-12-6-4-10-8-9(5-7-13)2-3-11(10)12;1-14-3-10-7-6(14)8(16)15(4-11-7)2-5-12-13-9(17)18-5/h3-4,6-7,9,11-12H,5,8,10H2,1-2H3;2-4,6,8,13H,5,7H2,1H3;3-4H,2H2,1H3,(H,13,17). The zero-order valence-electron chi connectivity index (χ0n) is 33.5. The number of H-pyrrole nitrogens is 1. The van der Waals surface area contributed by atoms with Crippen LogP contribution in [-0.4, -0.2) is 79.0 Å². The van der Waals surface area contributed by atoms with Crippen molar-refractivity contribution in [2.45, 2.75) is 32.5 Å². The third kappa shape index (κ3) is 8.34. The van der Waals surface area contributed by atoms with Gasteiger partial charge in [0.2, 0.25) is 11.8 Å². The summed E-state index contributed by atoms with van der Waals surface area (Å²) in [7, 11) is 7.47. The fourth-order valence-corrected chi connectivity index (χ4v) is 6.88. The highest BCUT2D eigenvalue weighted by atomic mass is 16.4. The molecule has 0 bridgehead atoms. The molecule has 2 aromatic carbocycles. The number of aromatic nitrogens is 14. The zero-order valence-corrected chi connectivity index (χ0v) is 33.5. The fraction of sp³-hybridized carbons (Fsp3) is 0.250. The number of nitrogens with zero attached hydrogens (tertiary/aromatic N) is 13. The van der Waals surface area contributed by atoms with E-state index in [1.807, 2.05) is 32.6 Å². The smallest absolute Gasteiger partial charge is 0.396 e. The topological polar surface area (TPSA) is 242 Å². The lowest BCUT2D eigenvalue weighted by Gasteiger charge is -2.03. The van der Waals surface area contributed by atoms with E-state index in [-0.39, 0.29) is 42.6 Å². The molecule has 0 atom stereocenters. The average molecular weight is 829 g/mol. The van der Waals surface area contributed by atoms with Crippen molar-refractivity contribution >= 4 is 44.1 Å². The van der Waals surface area contributed by atoms with Crippen LogP contribution >= 0.6 is 0 Å². The zero-order chi connectivity index (χ0) is 42.8. The van der Waals surface area contributed by atoms with Gasteiger partial charge in [-0.2, -0.15) is 4.68 Å². The average Bonchev–Trinajstić information content (AvgIpc) is 4.12. The van der Waals surface area contributed by atoms with Crippen LogP contribution in [0, 0.1) is 0 Å². The molecule has 21 heteroatoms. The molecule has 8 aromatic heterocycles. The van der Waals surface area contributed by atoms with Crippen molar-refractivity contribution in [3.05, 3.63) is 151 Å². The van der Waals surface area contributed by atoms with Crippen molar-refractivity contribution < 1.29 is 13.9 Å². The molecule has 0 aliphatic rings. The van der Waals surface area contributed by atoms with Crippen LogP contribution in [0.5, 0.6) is 0 Å². The van der Waals surface area contributed by atoms with Crippen molar-refractivity contribution in [3.8, 4) is 0 Å². The summed E-state index contributed by atoms with van der Waals surface area (Å²) < 4.78 is 21.3. The SMILES string of the molecule is Cn1ccc2cc(CCO)ccc21.Cn1ccc2cc(CCn3nc(Cn4cnc5ncn(C)c5c4=O)oc3=O)ccc21.Cn1cnc2ncn(Cc3n[nH]c(=O)o3)c(=O)c21. The van der Waals surface area contributed by atoms with Crippen LogP contribution < -0.4 is 22.6 Å². The summed E-state index contributed by atoms with van der Waals surface area (Å²) in [5.74, 6) is -0.935. The molecule has 61 heavy (non-hydrogen) atoms. The third-order valence-corrected chi connectivity index (χ3v) is 10.1. The summed E-state index contributed by atoms with van der Waals surface area (Å²) in [6, 6.07) is 16.7. The molecule has 21 nitrogen and oxygen atoms in total. The van der Waals surface area contributed by atoms with Gasteiger partial charge in [0.15, 0.2) is 22.3 Å². The number of aryl methyl sites for hydroxylation is 6. The summed E-state index contributed by atoms with van der Waals surface area (Å²) >= 11 is 0. The number of aliphatic hydroxyl groups is 1. The Kier molecular flexibility index (Phi) is 10.9. The van der Waals surface area contributed by atoms with Gasteiger partial charge in [-0.25, -0.2) is 34.6 Å². The Bertz CT molecular complexity index is 3400. The van der Waals surface area contributed by atoms with Gasteiger partial charge in [-0.3, -0.25) is 18.7 Å². The van der Waals surface area contributed by atoms with Gasteiger partial charge in [-0.05, 0) is 71.1 Å². The Hall–Kier alpha value is -7.94. The Morgan fingerprint density at radius 1 is 0.623 bits per heavy atom. The number of aliphatic hydroxyl groups excluding tert-OH is 1. The largest absolute Gasteiger partial charge is 0.437 e. The van der Waals surface area contributed by atoms with Crippen LogP contribution in [0.15, 0.2) is 114 Å². The number of nitrogens with one attached hydrogen (secondary N) is 1. The van der Waals surface area contributed by atoms with E-state index in [2.05, 4.69) is 86.8 Å². The summed E-state index contributed by atoms with van der Waals surface area (Å²) in [6.45, 7) is 0.657. The summed E-state index contributed by atoms with van der Waals surface area (Å²) in [4.78, 5) is 64.0. The van der Waals surface area contributed by atoms with Crippen molar-refractivity contribution in [2.75, 3.05) is 6.61 Å². The maximum Gasteiger partial charge on any atom is 0.437 e. The number of aromatic amines is 1. The number of hydrogen-bond donors (Lipinski definition) is 2. The van der Waals surface area contributed by atoms with Gasteiger partial charge < -0.3 is 32.2 Å². The van der Waals surface area contributed by atoms with E-state index in [0.29, 0.717) is 35.3 Å². The highest BCUT2D eigenvalue weighted by Gasteiger charge is 2.14. The molecule has 10 rings (SSSR count). The highest BCUT2D eigenvalue weighted by molar-refractivity contribution is 5.81. The van der Waals surface area contributed by atoms with Crippen LogP contribution in [0.25, 0.3) is 44.1 Å². The van der Waals surface area contributed by atoms with Crippen LogP contribution in [0.4, 0.5) is 0 Å². The predicted molar refractivity (Wildman–Crippen MR) is 222 cm³/mol. The Balaban J connectivity index is 0.000000140. The molecule has 0 aliphatic carbocycles. The summed E-state index contributed by atoms with van der Waals surface area (Å²) in [5, 5.41) is 21.2. The van der Waals surface area contributed by atoms with E-state index in [4.69, 9.17) is 13.9 Å². The molecule has 0 saturated carbocycles. The Morgan fingerprint density at radius 3 is 1.67 bits per heavy atom. The number of imidazole rings is 2. The van der Waals surface area contributed by atoms with E-state index < -0.39 is 11.5 Å². The maximum atomic E-state index is 12.6. The molecule has 0 radical (unpaired) electrons. The van der Waals surface area contributed by atoms with Crippen molar-refractivity contribution in [3.63, 3.8) is 0 Å². The molecule has 10 aromatic rings. The molecule has 8 heterocycles. The minimum Gasteiger partial charge on any atom is -0.396 e. The van der Waals surface area contributed by atoms with Gasteiger partial charge in [0.05, 0.1) is 19.2 Å². The van der Waals surface area contributed by atoms with Gasteiger partial charge >= 0.3 is 11.5 Å². The van der Waals surface area contributed by atoms with Gasteiger partial charge in [0.25, 0.3) is 11.1 Å². The predicted octanol–water partition coefficient (Wildman–Crippen LogP) is 1.63. The molecule has 2 N–H and O–H groups in total. The van der Waals surface area contributed by atoms with Crippen molar-refractivity contribution in [1.29, 1.82) is 0 Å². The highest BCUT2D eigenvalue weighted by Crippen LogP contribution is 2.18. The minimum absolute atomic E-state index is 0.0190. The number of hydrogen-bond acceptors (Lipinski definition) is 13. The lowest BCUT2D eigenvalue weighted by molar-refractivity contribution is 0.299. The normalized spacial score (nSPS) is 11.4. The number of benzene rings is 2. The lowest BCUT2D eigenvalue weighted by atomic mass is 10.1. The molecule has 0 unspecified atom stereocenters. The minimum atomic E-state index is -0.660. The van der Waals surface area contributed by atoms with Gasteiger partial charge in [-0.1, -0.05) is 12.1 Å². The molecular weight excluding hydrogens is 789 g/mol. The molecule has 0 spiro atoms. The first-order valence-electron chi connectivity index (χ1n) is 19.0. The summed E-state index contributed by atoms with van der Waals surface area (Å²) in [6.07, 6.45) is 11.2. The fourth-order valence-electron chi connectivity index (χ4n) is 6.88. The van der Waals surface area contributed by atoms with E-state index in [1.54, 1.807) is 23.2 Å². The molecule has 0 saturated heterocycles. The van der Waals surface area contributed by atoms with E-state index in [0.717, 1.165) is 22.9 Å². The Labute approximate surface area is 343 Å². The van der Waals surface area contributed by atoms with Crippen LogP contribution in [-0.2, 0) is 60.7 Å². The van der Waals surface area contributed by atoms with E-state index >= 15 is 0 Å². The number of fused-ring (bicyclic) bond motifs is 4. The van der Waals surface area contributed by atoms with Gasteiger partial charge in [0, 0.05) is 58.2 Å². The third-order valence-electron chi connectivity index (χ3n) is 10.1. The molecular formula is C40H40N14O7. The quantitative estimate of drug-likeness (QED) is 0.211. The second-order valence-electron chi connectivity index (χ2n) is 14.3. The monoisotopic (exact) mass is 828 g/mol. The second-order valence-corrected chi connectivity index (χ2v) is 14.3. The van der Waals surface area contributed by atoms with Crippen LogP contribution in [0.2, 0.25) is 0 Å². The molecule has 0 aliphatic heterocycles. The first-order valence-corrected chi connectivity index (χ1v) is 19.0. The molecule has 312 valence electrons. The van der Waals surface area contributed by atoms with Crippen molar-refractivity contribution in [2.24, 2.45) is 28.2 Å². The Morgan fingerprint density at radius 2 is 1.15 bits per heavy atom. The molecule has 0 amide bonds. The first kappa shape index (κ1) is 39.9.